The van der Waals surface area contributed by atoms with Gasteiger partial charge in [0, 0.05) is 6.54 Å². The zero-order valence-electron chi connectivity index (χ0n) is 20.7. The number of esters is 1. The van der Waals surface area contributed by atoms with Crippen LogP contribution in [0, 0.1) is 5.92 Å². The predicted octanol–water partition coefficient (Wildman–Crippen LogP) is 3.96. The van der Waals surface area contributed by atoms with Crippen LogP contribution in [0.15, 0.2) is 36.4 Å². The van der Waals surface area contributed by atoms with Crippen LogP contribution in [-0.2, 0) is 16.0 Å². The Morgan fingerprint density at radius 2 is 1.65 bits per heavy atom. The van der Waals surface area contributed by atoms with Crippen molar-refractivity contribution >= 4 is 12.0 Å². The molecule has 1 heterocycles. The molecule has 0 saturated carbocycles. The molecule has 1 aliphatic heterocycles. The molecule has 0 unspecified atom stereocenters. The second kappa shape index (κ2) is 11.1. The van der Waals surface area contributed by atoms with E-state index in [4.69, 9.17) is 18.9 Å². The van der Waals surface area contributed by atoms with Crippen molar-refractivity contribution in [2.24, 2.45) is 5.92 Å². The quantitative estimate of drug-likeness (QED) is 0.588. The number of nitrogens with one attached hydrogen (secondary N) is 1. The van der Waals surface area contributed by atoms with E-state index in [9.17, 15) is 9.59 Å². The smallest absolute Gasteiger partial charge is 0.328 e. The monoisotopic (exact) mass is 470 g/mol. The number of amides is 2. The summed E-state index contributed by atoms with van der Waals surface area (Å²) in [6.45, 7) is 4.47. The topological polar surface area (TPSA) is 86.3 Å². The second-order valence-electron chi connectivity index (χ2n) is 8.68. The summed E-state index contributed by atoms with van der Waals surface area (Å²) in [5.41, 5.74) is 2.94. The van der Waals surface area contributed by atoms with Gasteiger partial charge in [-0.25, -0.2) is 9.59 Å². The molecule has 184 valence electrons. The summed E-state index contributed by atoms with van der Waals surface area (Å²) < 4.78 is 21.3. The average molecular weight is 471 g/mol. The number of rotatable bonds is 8. The minimum absolute atomic E-state index is 0.209. The molecule has 2 aromatic carbocycles. The molecule has 3 rings (SSSR count). The Morgan fingerprint density at radius 1 is 1.00 bits per heavy atom. The lowest BCUT2D eigenvalue weighted by Gasteiger charge is -2.38. The molecule has 34 heavy (non-hydrogen) atoms. The van der Waals surface area contributed by atoms with Crippen molar-refractivity contribution in [1.82, 2.24) is 10.2 Å². The van der Waals surface area contributed by atoms with E-state index in [1.165, 1.54) is 7.11 Å². The number of urea groups is 1. The lowest BCUT2D eigenvalue weighted by Crippen LogP contribution is -2.51. The Morgan fingerprint density at radius 3 is 2.21 bits per heavy atom. The minimum Gasteiger partial charge on any atom is -0.497 e. The van der Waals surface area contributed by atoms with E-state index in [1.807, 2.05) is 50.2 Å². The maximum absolute atomic E-state index is 13.5. The molecule has 0 bridgehead atoms. The first kappa shape index (κ1) is 25.2. The highest BCUT2D eigenvalue weighted by Gasteiger charge is 2.35. The fourth-order valence-electron chi connectivity index (χ4n) is 4.37. The molecule has 0 aliphatic carbocycles. The van der Waals surface area contributed by atoms with Crippen LogP contribution in [0.3, 0.4) is 0 Å². The second-order valence-corrected chi connectivity index (χ2v) is 8.68. The third-order valence-electron chi connectivity index (χ3n) is 6.06. The van der Waals surface area contributed by atoms with Gasteiger partial charge in [-0.15, -0.1) is 0 Å². The molecule has 0 fully saturated rings. The van der Waals surface area contributed by atoms with Gasteiger partial charge in [0.05, 0.1) is 34.5 Å². The maximum Gasteiger partial charge on any atom is 0.328 e. The fraction of sp³-hybridized carbons (Fsp3) is 0.462. The highest BCUT2D eigenvalue weighted by atomic mass is 16.5. The Bertz CT molecular complexity index is 1010. The van der Waals surface area contributed by atoms with Gasteiger partial charge < -0.3 is 29.2 Å². The van der Waals surface area contributed by atoms with Crippen LogP contribution in [0.2, 0.25) is 0 Å². The summed E-state index contributed by atoms with van der Waals surface area (Å²) in [5.74, 6) is 1.72. The van der Waals surface area contributed by atoms with Crippen molar-refractivity contribution < 1.29 is 28.5 Å². The van der Waals surface area contributed by atoms with Gasteiger partial charge in [0.15, 0.2) is 11.5 Å². The third kappa shape index (κ3) is 5.38. The number of carbonyl (C=O) groups is 2. The zero-order chi connectivity index (χ0) is 24.8. The Balaban J connectivity index is 2.03. The van der Waals surface area contributed by atoms with Gasteiger partial charge in [0.2, 0.25) is 0 Å². The van der Waals surface area contributed by atoms with E-state index in [0.29, 0.717) is 30.9 Å². The van der Waals surface area contributed by atoms with Gasteiger partial charge in [-0.05, 0) is 59.7 Å². The van der Waals surface area contributed by atoms with Crippen LogP contribution in [0.4, 0.5) is 4.79 Å². The molecule has 8 heteroatoms. The standard InChI is InChI=1S/C26H34N2O6/c1-16(2)13-21(25(29)34-6)27-26(30)28-12-11-18-14-22(32-4)23(33-5)15-20(18)24(28)17-7-9-19(31-3)10-8-17/h7-10,14-16,21,24H,11-13H2,1-6H3,(H,27,30)/t21-,24+/m0/s1. The number of nitrogens with zero attached hydrogens (tertiary/aromatic N) is 1. The first-order chi connectivity index (χ1) is 16.3. The van der Waals surface area contributed by atoms with E-state index in [2.05, 4.69) is 5.32 Å². The van der Waals surface area contributed by atoms with E-state index in [-0.39, 0.29) is 18.0 Å². The van der Waals surface area contributed by atoms with Gasteiger partial charge in [-0.3, -0.25) is 0 Å². The Hall–Kier alpha value is -3.42. The average Bonchev–Trinajstić information content (AvgIpc) is 2.85. The molecule has 0 spiro atoms. The first-order valence-corrected chi connectivity index (χ1v) is 11.4. The number of fused-ring (bicyclic) bond motifs is 1. The van der Waals surface area contributed by atoms with E-state index in [1.54, 1.807) is 26.2 Å². The first-order valence-electron chi connectivity index (χ1n) is 11.4. The molecule has 0 saturated heterocycles. The molecular formula is C26H34N2O6. The number of carbonyl (C=O) groups excluding carboxylic acids is 2. The Kier molecular flexibility index (Phi) is 8.26. The van der Waals surface area contributed by atoms with Crippen LogP contribution in [0.5, 0.6) is 17.2 Å². The minimum atomic E-state index is -0.721. The summed E-state index contributed by atoms with van der Waals surface area (Å²) in [5, 5.41) is 2.90. The number of methoxy groups -OCH3 is 4. The number of hydrogen-bond donors (Lipinski definition) is 1. The van der Waals surface area contributed by atoms with Crippen molar-refractivity contribution in [2.45, 2.75) is 38.8 Å². The van der Waals surface area contributed by atoms with E-state index >= 15 is 0 Å². The predicted molar refractivity (Wildman–Crippen MR) is 129 cm³/mol. The highest BCUT2D eigenvalue weighted by Crippen LogP contribution is 2.41. The van der Waals surface area contributed by atoms with Gasteiger partial charge in [0.1, 0.15) is 11.8 Å². The highest BCUT2D eigenvalue weighted by molar-refractivity contribution is 5.84. The molecule has 1 aliphatic rings. The van der Waals surface area contributed by atoms with Crippen molar-refractivity contribution in [2.75, 3.05) is 35.0 Å². The number of ether oxygens (including phenoxy) is 4. The van der Waals surface area contributed by atoms with Crippen LogP contribution in [0.25, 0.3) is 0 Å². The van der Waals surface area contributed by atoms with Crippen molar-refractivity contribution in [3.05, 3.63) is 53.1 Å². The fourth-order valence-corrected chi connectivity index (χ4v) is 4.37. The zero-order valence-corrected chi connectivity index (χ0v) is 20.7. The molecule has 1 N–H and O–H groups in total. The van der Waals surface area contributed by atoms with Gasteiger partial charge in [0.25, 0.3) is 0 Å². The van der Waals surface area contributed by atoms with Crippen molar-refractivity contribution in [1.29, 1.82) is 0 Å². The SMILES string of the molecule is COC(=O)[C@H](CC(C)C)NC(=O)N1CCc2cc(OC)c(OC)cc2[C@H]1c1ccc(OC)cc1. The lowest BCUT2D eigenvalue weighted by atomic mass is 9.87. The van der Waals surface area contributed by atoms with Crippen LogP contribution in [-0.4, -0.2) is 57.9 Å². The van der Waals surface area contributed by atoms with Crippen LogP contribution < -0.4 is 19.5 Å². The number of hydrogen-bond acceptors (Lipinski definition) is 6. The van der Waals surface area contributed by atoms with E-state index in [0.717, 1.165) is 22.4 Å². The molecule has 0 radical (unpaired) electrons. The molecule has 2 aromatic rings. The summed E-state index contributed by atoms with van der Waals surface area (Å²) >= 11 is 0. The summed E-state index contributed by atoms with van der Waals surface area (Å²) in [6.07, 6.45) is 1.13. The maximum atomic E-state index is 13.5. The van der Waals surface area contributed by atoms with Crippen LogP contribution in [0.1, 0.15) is 43.0 Å². The summed E-state index contributed by atoms with van der Waals surface area (Å²) in [6, 6.07) is 10.1. The van der Waals surface area contributed by atoms with Crippen molar-refractivity contribution in [3.8, 4) is 17.2 Å². The summed E-state index contributed by atoms with van der Waals surface area (Å²) in [7, 11) is 6.14. The lowest BCUT2D eigenvalue weighted by molar-refractivity contribution is -0.143. The van der Waals surface area contributed by atoms with Gasteiger partial charge >= 0.3 is 12.0 Å². The Labute approximate surface area is 201 Å². The number of benzene rings is 2. The third-order valence-corrected chi connectivity index (χ3v) is 6.06. The molecule has 8 nitrogen and oxygen atoms in total. The van der Waals surface area contributed by atoms with Crippen molar-refractivity contribution in [3.63, 3.8) is 0 Å². The molecule has 0 aromatic heterocycles. The molecule has 2 atom stereocenters. The largest absolute Gasteiger partial charge is 0.497 e. The van der Waals surface area contributed by atoms with Gasteiger partial charge in [-0.2, -0.15) is 0 Å². The molecule has 2 amide bonds. The summed E-state index contributed by atoms with van der Waals surface area (Å²) in [4.78, 5) is 27.6. The van der Waals surface area contributed by atoms with Gasteiger partial charge in [-0.1, -0.05) is 26.0 Å². The normalized spacial score (nSPS) is 15.9. The molecular weight excluding hydrogens is 436 g/mol. The van der Waals surface area contributed by atoms with E-state index < -0.39 is 12.0 Å². The van der Waals surface area contributed by atoms with Crippen LogP contribution >= 0.6 is 0 Å².